The molecular weight excluding hydrogens is 306 g/mol. The van der Waals surface area contributed by atoms with Crippen LogP contribution in [0.1, 0.15) is 17.7 Å². The van der Waals surface area contributed by atoms with Gasteiger partial charge in [-0.1, -0.05) is 41.9 Å². The lowest BCUT2D eigenvalue weighted by atomic mass is 10.1. The van der Waals surface area contributed by atoms with Gasteiger partial charge in [0.1, 0.15) is 5.25 Å². The van der Waals surface area contributed by atoms with E-state index in [1.807, 2.05) is 36.4 Å². The highest BCUT2D eigenvalue weighted by atomic mass is 35.5. The van der Waals surface area contributed by atoms with Crippen LogP contribution in [-0.2, 0) is 9.53 Å². The van der Waals surface area contributed by atoms with Gasteiger partial charge in [-0.15, -0.1) is 11.8 Å². The minimum absolute atomic E-state index is 0.275. The molecule has 0 aliphatic heterocycles. The standard InChI is InChI=1S/C16H16ClNO2S/c1-2-20-16(19)15(11-6-4-3-5-7-11)21-14-9-8-12(17)10-13(14)18/h3-10,15H,2,18H2,1H3. The number of anilines is 1. The molecule has 0 radical (unpaired) electrons. The zero-order chi connectivity index (χ0) is 15.2. The van der Waals surface area contributed by atoms with Crippen molar-refractivity contribution in [1.29, 1.82) is 0 Å². The van der Waals surface area contributed by atoms with Gasteiger partial charge in [0.2, 0.25) is 0 Å². The number of nitrogen functional groups attached to an aromatic ring is 1. The van der Waals surface area contributed by atoms with E-state index >= 15 is 0 Å². The fourth-order valence-electron chi connectivity index (χ4n) is 1.85. The molecule has 1 atom stereocenters. The zero-order valence-corrected chi connectivity index (χ0v) is 13.2. The van der Waals surface area contributed by atoms with E-state index < -0.39 is 5.25 Å². The maximum atomic E-state index is 12.2. The van der Waals surface area contributed by atoms with Crippen molar-refractivity contribution in [3.63, 3.8) is 0 Å². The summed E-state index contributed by atoms with van der Waals surface area (Å²) < 4.78 is 5.17. The third-order valence-corrected chi connectivity index (χ3v) is 4.38. The van der Waals surface area contributed by atoms with Gasteiger partial charge in [0.15, 0.2) is 0 Å². The maximum Gasteiger partial charge on any atom is 0.323 e. The molecule has 5 heteroatoms. The molecule has 0 fully saturated rings. The van der Waals surface area contributed by atoms with Crippen molar-refractivity contribution < 1.29 is 9.53 Å². The Bertz CT molecular complexity index is 619. The van der Waals surface area contributed by atoms with E-state index in [0.717, 1.165) is 10.5 Å². The Kier molecular flexibility index (Phi) is 5.53. The number of rotatable bonds is 5. The van der Waals surface area contributed by atoms with Crippen molar-refractivity contribution in [3.8, 4) is 0 Å². The normalized spacial score (nSPS) is 11.9. The zero-order valence-electron chi connectivity index (χ0n) is 11.6. The van der Waals surface area contributed by atoms with E-state index in [2.05, 4.69) is 0 Å². The molecule has 0 saturated carbocycles. The molecule has 2 aromatic rings. The molecule has 2 rings (SSSR count). The molecular formula is C16H16ClNO2S. The number of carbonyl (C=O) groups excluding carboxylic acids is 1. The predicted molar refractivity (Wildman–Crippen MR) is 87.5 cm³/mol. The summed E-state index contributed by atoms with van der Waals surface area (Å²) in [7, 11) is 0. The summed E-state index contributed by atoms with van der Waals surface area (Å²) in [5.41, 5.74) is 7.40. The Labute approximate surface area is 133 Å². The van der Waals surface area contributed by atoms with Gasteiger partial charge in [-0.3, -0.25) is 4.79 Å². The first-order chi connectivity index (χ1) is 10.1. The van der Waals surface area contributed by atoms with Gasteiger partial charge in [-0.25, -0.2) is 0 Å². The van der Waals surface area contributed by atoms with Gasteiger partial charge in [0.25, 0.3) is 0 Å². The first-order valence-corrected chi connectivity index (χ1v) is 7.81. The van der Waals surface area contributed by atoms with E-state index in [-0.39, 0.29) is 5.97 Å². The fraction of sp³-hybridized carbons (Fsp3) is 0.188. The average molecular weight is 322 g/mol. The molecule has 110 valence electrons. The summed E-state index contributed by atoms with van der Waals surface area (Å²) in [5, 5.41) is 0.124. The molecule has 1 unspecified atom stereocenters. The molecule has 0 spiro atoms. The quantitative estimate of drug-likeness (QED) is 0.506. The number of ether oxygens (including phenoxy) is 1. The summed E-state index contributed by atoms with van der Waals surface area (Å²) in [6.45, 7) is 2.14. The Morgan fingerprint density at radius 3 is 2.62 bits per heavy atom. The van der Waals surface area contributed by atoms with Gasteiger partial charge in [-0.2, -0.15) is 0 Å². The van der Waals surface area contributed by atoms with Crippen LogP contribution in [0.5, 0.6) is 0 Å². The molecule has 0 bridgehead atoms. The second kappa shape index (κ2) is 7.38. The van der Waals surface area contributed by atoms with E-state index in [1.165, 1.54) is 11.8 Å². The number of benzene rings is 2. The molecule has 0 saturated heterocycles. The van der Waals surface area contributed by atoms with E-state index in [4.69, 9.17) is 22.1 Å². The molecule has 0 amide bonds. The Morgan fingerprint density at radius 1 is 1.29 bits per heavy atom. The molecule has 0 aliphatic rings. The Morgan fingerprint density at radius 2 is 2.00 bits per heavy atom. The van der Waals surface area contributed by atoms with E-state index in [1.54, 1.807) is 19.1 Å². The summed E-state index contributed by atoms with van der Waals surface area (Å²) >= 11 is 7.27. The number of carbonyl (C=O) groups is 1. The minimum Gasteiger partial charge on any atom is -0.465 e. The second-order valence-electron chi connectivity index (χ2n) is 4.34. The van der Waals surface area contributed by atoms with Gasteiger partial charge in [0.05, 0.1) is 6.61 Å². The monoisotopic (exact) mass is 321 g/mol. The number of nitrogens with two attached hydrogens (primary N) is 1. The second-order valence-corrected chi connectivity index (χ2v) is 5.93. The molecule has 2 N–H and O–H groups in total. The van der Waals surface area contributed by atoms with Crippen LogP contribution in [0.2, 0.25) is 5.02 Å². The fourth-order valence-corrected chi connectivity index (χ4v) is 3.09. The van der Waals surface area contributed by atoms with Gasteiger partial charge < -0.3 is 10.5 Å². The van der Waals surface area contributed by atoms with Crippen molar-refractivity contribution >= 4 is 35.0 Å². The van der Waals surface area contributed by atoms with Crippen LogP contribution in [0.25, 0.3) is 0 Å². The molecule has 0 heterocycles. The lowest BCUT2D eigenvalue weighted by Crippen LogP contribution is -2.13. The summed E-state index contributed by atoms with van der Waals surface area (Å²) in [6.07, 6.45) is 0. The van der Waals surface area contributed by atoms with Crippen LogP contribution in [0, 0.1) is 0 Å². The number of halogens is 1. The van der Waals surface area contributed by atoms with Crippen LogP contribution in [0.3, 0.4) is 0 Å². The largest absolute Gasteiger partial charge is 0.465 e. The topological polar surface area (TPSA) is 52.3 Å². The van der Waals surface area contributed by atoms with Crippen LogP contribution in [0.4, 0.5) is 5.69 Å². The third kappa shape index (κ3) is 4.16. The molecule has 2 aromatic carbocycles. The van der Waals surface area contributed by atoms with Gasteiger partial charge in [0, 0.05) is 15.6 Å². The summed E-state index contributed by atoms with van der Waals surface area (Å²) in [4.78, 5) is 13.0. The lowest BCUT2D eigenvalue weighted by molar-refractivity contribution is -0.142. The SMILES string of the molecule is CCOC(=O)C(Sc1ccc(Cl)cc1N)c1ccccc1. The predicted octanol–water partition coefficient (Wildman–Crippen LogP) is 4.32. The molecule has 21 heavy (non-hydrogen) atoms. The van der Waals surface area contributed by atoms with Crippen LogP contribution < -0.4 is 5.73 Å². The van der Waals surface area contributed by atoms with Gasteiger partial charge in [-0.05, 0) is 30.7 Å². The van der Waals surface area contributed by atoms with Crippen molar-refractivity contribution in [1.82, 2.24) is 0 Å². The van der Waals surface area contributed by atoms with E-state index in [0.29, 0.717) is 17.3 Å². The maximum absolute atomic E-state index is 12.2. The van der Waals surface area contributed by atoms with E-state index in [9.17, 15) is 4.79 Å². The number of hydrogen-bond donors (Lipinski definition) is 1. The van der Waals surface area contributed by atoms with Crippen LogP contribution in [-0.4, -0.2) is 12.6 Å². The number of esters is 1. The molecule has 0 aromatic heterocycles. The van der Waals surface area contributed by atoms with Crippen LogP contribution in [0.15, 0.2) is 53.4 Å². The smallest absolute Gasteiger partial charge is 0.323 e. The van der Waals surface area contributed by atoms with Crippen molar-refractivity contribution in [3.05, 3.63) is 59.1 Å². The van der Waals surface area contributed by atoms with Crippen molar-refractivity contribution in [2.24, 2.45) is 0 Å². The average Bonchev–Trinajstić information content (AvgIpc) is 2.47. The highest BCUT2D eigenvalue weighted by Gasteiger charge is 2.24. The molecule has 0 aliphatic carbocycles. The number of hydrogen-bond acceptors (Lipinski definition) is 4. The minimum atomic E-state index is -0.449. The first-order valence-electron chi connectivity index (χ1n) is 6.55. The van der Waals surface area contributed by atoms with Gasteiger partial charge >= 0.3 is 5.97 Å². The van der Waals surface area contributed by atoms with Crippen molar-refractivity contribution in [2.45, 2.75) is 17.1 Å². The third-order valence-electron chi connectivity index (χ3n) is 2.82. The Hall–Kier alpha value is -1.65. The van der Waals surface area contributed by atoms with Crippen LogP contribution >= 0.6 is 23.4 Å². The van der Waals surface area contributed by atoms with Crippen molar-refractivity contribution in [2.75, 3.05) is 12.3 Å². The number of thioether (sulfide) groups is 1. The molecule has 3 nitrogen and oxygen atoms in total. The highest BCUT2D eigenvalue weighted by Crippen LogP contribution is 2.39. The summed E-state index contributed by atoms with van der Waals surface area (Å²) in [5.74, 6) is -0.275. The first kappa shape index (κ1) is 15.7. The Balaban J connectivity index is 2.30. The highest BCUT2D eigenvalue weighted by molar-refractivity contribution is 8.00. The summed E-state index contributed by atoms with van der Waals surface area (Å²) in [6, 6.07) is 14.8. The lowest BCUT2D eigenvalue weighted by Gasteiger charge is -2.16.